The first-order valence-corrected chi connectivity index (χ1v) is 10.1. The second kappa shape index (κ2) is 7.78. The molecule has 6 nitrogen and oxygen atoms in total. The zero-order chi connectivity index (χ0) is 20.4. The molecule has 29 heavy (non-hydrogen) atoms. The predicted octanol–water partition coefficient (Wildman–Crippen LogP) is 4.52. The number of fused-ring (bicyclic) bond motifs is 1. The van der Waals surface area contributed by atoms with Crippen LogP contribution in [0, 0.1) is 6.92 Å². The molecule has 0 radical (unpaired) electrons. The lowest BCUT2D eigenvalue weighted by Crippen LogP contribution is -2.19. The van der Waals surface area contributed by atoms with Gasteiger partial charge in [-0.2, -0.15) is 0 Å². The molecular weight excluding hydrogens is 362 g/mol. The fraction of sp³-hybridized carbons (Fsp3) is 0.391. The van der Waals surface area contributed by atoms with Crippen LogP contribution in [-0.2, 0) is 5.41 Å². The molecule has 4 rings (SSSR count). The van der Waals surface area contributed by atoms with E-state index >= 15 is 0 Å². The molecule has 0 amide bonds. The van der Waals surface area contributed by atoms with Crippen molar-refractivity contribution >= 4 is 5.82 Å². The van der Waals surface area contributed by atoms with Crippen molar-refractivity contribution in [3.8, 4) is 17.0 Å². The topological polar surface area (TPSA) is 72.8 Å². The lowest BCUT2D eigenvalue weighted by atomic mass is 9.88. The van der Waals surface area contributed by atoms with E-state index in [9.17, 15) is 0 Å². The Balaban J connectivity index is 1.41. The largest absolute Gasteiger partial charge is 0.490 e. The summed E-state index contributed by atoms with van der Waals surface area (Å²) >= 11 is 0. The molecule has 0 saturated carbocycles. The molecule has 3 aromatic rings. The number of hydrogen-bond donors (Lipinski definition) is 1. The van der Waals surface area contributed by atoms with E-state index < -0.39 is 0 Å². The minimum atomic E-state index is -0.0223. The van der Waals surface area contributed by atoms with Crippen LogP contribution >= 0.6 is 0 Å². The van der Waals surface area contributed by atoms with E-state index in [0.717, 1.165) is 47.2 Å². The number of aromatic nitrogens is 4. The maximum atomic E-state index is 5.99. The van der Waals surface area contributed by atoms with Crippen molar-refractivity contribution in [3.05, 3.63) is 59.9 Å². The quantitative estimate of drug-likeness (QED) is 0.668. The molecule has 0 bridgehead atoms. The van der Waals surface area contributed by atoms with E-state index in [0.29, 0.717) is 12.5 Å². The van der Waals surface area contributed by atoms with Gasteiger partial charge in [0.25, 0.3) is 0 Å². The van der Waals surface area contributed by atoms with Gasteiger partial charge in [-0.15, -0.1) is 0 Å². The van der Waals surface area contributed by atoms with Crippen LogP contribution in [0.3, 0.4) is 0 Å². The van der Waals surface area contributed by atoms with Crippen LogP contribution in [0.2, 0.25) is 0 Å². The highest BCUT2D eigenvalue weighted by molar-refractivity contribution is 5.61. The summed E-state index contributed by atoms with van der Waals surface area (Å²) in [5.74, 6) is 2.15. The smallest absolute Gasteiger partial charge is 0.144 e. The molecule has 1 atom stereocenters. The molecule has 0 spiro atoms. The zero-order valence-corrected chi connectivity index (χ0v) is 17.4. The van der Waals surface area contributed by atoms with Gasteiger partial charge in [-0.1, -0.05) is 20.8 Å². The third-order valence-corrected chi connectivity index (χ3v) is 5.44. The molecule has 6 heteroatoms. The number of rotatable bonds is 6. The standard InChI is InChI=1S/C23H27N5O/c1-15(18-8-10-25-22-21(18)29-13-23(22,3)4)7-9-24-20-11-19(27-14-28-20)17-6-5-16(2)26-12-17/h5-6,8,10-12,14-15H,7,9,13H2,1-4H3,(H,24,27,28). The number of hydrogen-bond acceptors (Lipinski definition) is 6. The lowest BCUT2D eigenvalue weighted by Gasteiger charge is -2.17. The second-order valence-corrected chi connectivity index (χ2v) is 8.34. The van der Waals surface area contributed by atoms with E-state index in [1.54, 1.807) is 6.33 Å². The van der Waals surface area contributed by atoms with Crippen LogP contribution in [0.4, 0.5) is 5.82 Å². The summed E-state index contributed by atoms with van der Waals surface area (Å²) in [6.07, 6.45) is 6.30. The minimum Gasteiger partial charge on any atom is -0.490 e. The zero-order valence-electron chi connectivity index (χ0n) is 17.4. The molecule has 1 unspecified atom stereocenters. The Morgan fingerprint density at radius 2 is 2.00 bits per heavy atom. The lowest BCUT2D eigenvalue weighted by molar-refractivity contribution is 0.287. The molecule has 0 saturated heterocycles. The molecular formula is C23H27N5O. The maximum Gasteiger partial charge on any atom is 0.144 e. The highest BCUT2D eigenvalue weighted by atomic mass is 16.5. The number of ether oxygens (including phenoxy) is 1. The van der Waals surface area contributed by atoms with Crippen LogP contribution in [0.25, 0.3) is 11.3 Å². The van der Waals surface area contributed by atoms with Gasteiger partial charge < -0.3 is 10.1 Å². The molecule has 1 N–H and O–H groups in total. The van der Waals surface area contributed by atoms with Crippen LogP contribution in [0.1, 0.15) is 50.1 Å². The summed E-state index contributed by atoms with van der Waals surface area (Å²) < 4.78 is 5.99. The summed E-state index contributed by atoms with van der Waals surface area (Å²) in [7, 11) is 0. The average molecular weight is 390 g/mol. The molecule has 1 aliphatic rings. The van der Waals surface area contributed by atoms with Gasteiger partial charge in [0, 0.05) is 47.2 Å². The normalized spacial score (nSPS) is 15.4. The van der Waals surface area contributed by atoms with Gasteiger partial charge in [-0.25, -0.2) is 9.97 Å². The van der Waals surface area contributed by atoms with E-state index in [2.05, 4.69) is 52.1 Å². The van der Waals surface area contributed by atoms with Crippen molar-refractivity contribution in [2.24, 2.45) is 0 Å². The molecule has 150 valence electrons. The third-order valence-electron chi connectivity index (χ3n) is 5.44. The van der Waals surface area contributed by atoms with E-state index in [4.69, 9.17) is 4.74 Å². The number of pyridine rings is 2. The monoisotopic (exact) mass is 389 g/mol. The molecule has 0 fully saturated rings. The van der Waals surface area contributed by atoms with E-state index in [1.807, 2.05) is 37.5 Å². The van der Waals surface area contributed by atoms with Gasteiger partial charge in [0.05, 0.1) is 18.0 Å². The summed E-state index contributed by atoms with van der Waals surface area (Å²) in [6, 6.07) is 8.07. The van der Waals surface area contributed by atoms with Gasteiger partial charge in [-0.05, 0) is 37.5 Å². The van der Waals surface area contributed by atoms with Gasteiger partial charge in [0.1, 0.15) is 17.9 Å². The summed E-state index contributed by atoms with van der Waals surface area (Å²) in [6.45, 7) is 10.1. The SMILES string of the molecule is Cc1ccc(-c2cc(NCCC(C)c3ccnc4c3OCC4(C)C)ncn2)cn1. The van der Waals surface area contributed by atoms with Crippen LogP contribution < -0.4 is 10.1 Å². The Morgan fingerprint density at radius 1 is 1.14 bits per heavy atom. The Labute approximate surface area is 171 Å². The minimum absolute atomic E-state index is 0.0223. The van der Waals surface area contributed by atoms with Crippen molar-refractivity contribution in [2.75, 3.05) is 18.5 Å². The molecule has 0 aliphatic carbocycles. The number of aryl methyl sites for hydroxylation is 1. The first-order chi connectivity index (χ1) is 13.9. The fourth-order valence-electron chi connectivity index (χ4n) is 3.61. The summed E-state index contributed by atoms with van der Waals surface area (Å²) in [4.78, 5) is 17.6. The van der Waals surface area contributed by atoms with Crippen LogP contribution in [-0.4, -0.2) is 33.1 Å². The Morgan fingerprint density at radius 3 is 2.79 bits per heavy atom. The van der Waals surface area contributed by atoms with Crippen molar-refractivity contribution in [3.63, 3.8) is 0 Å². The Bertz CT molecular complexity index is 1000. The highest BCUT2D eigenvalue weighted by Crippen LogP contribution is 2.41. The first-order valence-electron chi connectivity index (χ1n) is 10.1. The number of anilines is 1. The molecule has 1 aliphatic heterocycles. The van der Waals surface area contributed by atoms with Crippen molar-refractivity contribution in [1.82, 2.24) is 19.9 Å². The van der Waals surface area contributed by atoms with Crippen LogP contribution in [0.15, 0.2) is 43.0 Å². The van der Waals surface area contributed by atoms with E-state index in [1.165, 1.54) is 5.56 Å². The molecule has 0 aromatic carbocycles. The average Bonchev–Trinajstić information content (AvgIpc) is 3.04. The summed E-state index contributed by atoms with van der Waals surface area (Å²) in [5, 5.41) is 3.42. The van der Waals surface area contributed by atoms with Gasteiger partial charge in [0.2, 0.25) is 0 Å². The molecule has 3 aromatic heterocycles. The van der Waals surface area contributed by atoms with Gasteiger partial charge >= 0.3 is 0 Å². The van der Waals surface area contributed by atoms with Gasteiger partial charge in [-0.3, -0.25) is 9.97 Å². The number of nitrogens with zero attached hydrogens (tertiary/aromatic N) is 4. The number of nitrogens with one attached hydrogen (secondary N) is 1. The fourth-order valence-corrected chi connectivity index (χ4v) is 3.61. The third kappa shape index (κ3) is 4.06. The second-order valence-electron chi connectivity index (χ2n) is 8.34. The van der Waals surface area contributed by atoms with Crippen molar-refractivity contribution in [2.45, 2.75) is 45.4 Å². The Hall–Kier alpha value is -3.02. The maximum absolute atomic E-state index is 5.99. The predicted molar refractivity (Wildman–Crippen MR) is 114 cm³/mol. The van der Waals surface area contributed by atoms with Crippen LogP contribution in [0.5, 0.6) is 5.75 Å². The first kappa shape index (κ1) is 19.3. The van der Waals surface area contributed by atoms with Crippen molar-refractivity contribution < 1.29 is 4.74 Å². The molecule has 4 heterocycles. The highest BCUT2D eigenvalue weighted by Gasteiger charge is 2.35. The van der Waals surface area contributed by atoms with E-state index in [-0.39, 0.29) is 5.41 Å². The summed E-state index contributed by atoms with van der Waals surface area (Å²) in [5.41, 5.74) is 5.13. The van der Waals surface area contributed by atoms with Crippen molar-refractivity contribution in [1.29, 1.82) is 0 Å². The Kier molecular flexibility index (Phi) is 5.18. The van der Waals surface area contributed by atoms with Gasteiger partial charge in [0.15, 0.2) is 0 Å².